The van der Waals surface area contributed by atoms with Crippen molar-refractivity contribution in [2.45, 2.75) is 18.9 Å². The van der Waals surface area contributed by atoms with E-state index in [-0.39, 0.29) is 36.0 Å². The number of allylic oxidation sites excluding steroid dienone is 2. The molecule has 212 valence electrons. The molecule has 0 atom stereocenters. The number of phenolic OH excluding ortho intramolecular Hbond substituents is 1. The summed E-state index contributed by atoms with van der Waals surface area (Å²) >= 11 is 0. The van der Waals surface area contributed by atoms with Gasteiger partial charge in [-0.05, 0) is 37.6 Å². The topological polar surface area (TPSA) is 173 Å². The van der Waals surface area contributed by atoms with Crippen LogP contribution < -0.4 is 5.32 Å². The molecule has 3 heterocycles. The van der Waals surface area contributed by atoms with E-state index in [1.54, 1.807) is 25.1 Å². The third-order valence-corrected chi connectivity index (χ3v) is 6.83. The summed E-state index contributed by atoms with van der Waals surface area (Å²) < 4.78 is 13.8. The average Bonchev–Trinajstić information content (AvgIpc) is 3.70. The van der Waals surface area contributed by atoms with Crippen molar-refractivity contribution in [3.63, 3.8) is 0 Å². The van der Waals surface area contributed by atoms with Crippen molar-refractivity contribution < 1.29 is 38.9 Å². The fraction of sp³-hybridized carbons (Fsp3) is 0.207. The third-order valence-electron chi connectivity index (χ3n) is 6.83. The highest BCUT2D eigenvalue weighted by Crippen LogP contribution is 2.41. The highest BCUT2D eigenvalue weighted by Gasteiger charge is 2.38. The number of hydrogen-bond donors (Lipinski definition) is 5. The van der Waals surface area contributed by atoms with Gasteiger partial charge in [0.1, 0.15) is 18.4 Å². The monoisotopic (exact) mass is 562 g/mol. The van der Waals surface area contributed by atoms with E-state index in [4.69, 9.17) is 15.0 Å². The third kappa shape index (κ3) is 5.06. The summed E-state index contributed by atoms with van der Waals surface area (Å²) in [5, 5.41) is 31.7. The first-order valence-electron chi connectivity index (χ1n) is 12.4. The Labute approximate surface area is 232 Å². The van der Waals surface area contributed by atoms with Gasteiger partial charge in [0.05, 0.1) is 47.1 Å². The van der Waals surface area contributed by atoms with Crippen LogP contribution >= 0.6 is 0 Å². The number of fused-ring (bicyclic) bond motifs is 8. The van der Waals surface area contributed by atoms with E-state index in [0.29, 0.717) is 38.3 Å². The molecule has 5 N–H and O–H groups in total. The average molecular weight is 563 g/mol. The molecule has 0 spiro atoms. The molecule has 1 aliphatic carbocycles. The first-order valence-corrected chi connectivity index (χ1v) is 12.4. The Bertz CT molecular complexity index is 1770. The molecule has 12 heteroatoms. The van der Waals surface area contributed by atoms with Gasteiger partial charge in [0, 0.05) is 34.3 Å². The number of H-pyrrole nitrogens is 1. The number of phenols is 1. The van der Waals surface area contributed by atoms with Gasteiger partial charge in [-0.3, -0.25) is 24.3 Å². The molecule has 0 unspecified atom stereocenters. The van der Waals surface area contributed by atoms with Gasteiger partial charge in [-0.15, -0.1) is 0 Å². The molecule has 2 aliphatic rings. The quantitative estimate of drug-likeness (QED) is 0.236. The summed E-state index contributed by atoms with van der Waals surface area (Å²) in [5.74, 6) is -1.75. The lowest BCUT2D eigenvalue weighted by Gasteiger charge is -2.26. The molecule has 3 amide bonds. The summed E-state index contributed by atoms with van der Waals surface area (Å²) in [7, 11) is 1.39. The molecule has 11 nitrogen and oxygen atoms in total. The SMILES string of the molecule is C=O.CC(CO)(CO)NC(=O)C1=CCC=C1.CN1C(=O)c2c(c3c4cc(O)ccc4[nH]c3c3ncc(F)cc23)C1=O. The summed E-state index contributed by atoms with van der Waals surface area (Å²) in [6.45, 7) is 3.02. The number of carbonyl (C=O) groups is 4. The molecule has 2 aromatic carbocycles. The molecule has 41 heavy (non-hydrogen) atoms. The lowest BCUT2D eigenvalue weighted by molar-refractivity contribution is -0.120. The van der Waals surface area contributed by atoms with Crippen LogP contribution in [0, 0.1) is 5.82 Å². The van der Waals surface area contributed by atoms with Gasteiger partial charge in [0.2, 0.25) is 0 Å². The van der Waals surface area contributed by atoms with Crippen molar-refractivity contribution in [3.05, 3.63) is 71.2 Å². The Morgan fingerprint density at radius 3 is 2.46 bits per heavy atom. The molecule has 1 aliphatic heterocycles. The minimum Gasteiger partial charge on any atom is -0.508 e. The van der Waals surface area contributed by atoms with E-state index in [1.807, 2.05) is 12.9 Å². The van der Waals surface area contributed by atoms with Crippen LogP contribution in [0.5, 0.6) is 5.75 Å². The van der Waals surface area contributed by atoms with Gasteiger partial charge < -0.3 is 30.4 Å². The number of imide groups is 1. The van der Waals surface area contributed by atoms with Crippen molar-refractivity contribution in [3.8, 4) is 5.75 Å². The van der Waals surface area contributed by atoms with Crippen LogP contribution in [0.4, 0.5) is 4.39 Å². The maximum atomic E-state index is 13.8. The van der Waals surface area contributed by atoms with Crippen molar-refractivity contribution in [2.75, 3.05) is 20.3 Å². The zero-order valence-corrected chi connectivity index (χ0v) is 22.2. The van der Waals surface area contributed by atoms with Crippen LogP contribution in [-0.2, 0) is 9.59 Å². The van der Waals surface area contributed by atoms with Crippen molar-refractivity contribution in [1.29, 1.82) is 0 Å². The van der Waals surface area contributed by atoms with Crippen LogP contribution in [0.1, 0.15) is 34.1 Å². The van der Waals surface area contributed by atoms with E-state index in [9.17, 15) is 23.9 Å². The number of halogens is 1. The van der Waals surface area contributed by atoms with Crippen molar-refractivity contribution >= 4 is 57.2 Å². The zero-order valence-electron chi connectivity index (χ0n) is 22.2. The van der Waals surface area contributed by atoms with Gasteiger partial charge in [0.15, 0.2) is 0 Å². The van der Waals surface area contributed by atoms with Crippen LogP contribution in [0.15, 0.2) is 54.3 Å². The number of aromatic amines is 1. The molecular weight excluding hydrogens is 535 g/mol. The molecule has 6 rings (SSSR count). The maximum absolute atomic E-state index is 13.8. The Hall–Kier alpha value is -4.94. The lowest BCUT2D eigenvalue weighted by atomic mass is 9.97. The maximum Gasteiger partial charge on any atom is 0.262 e. The van der Waals surface area contributed by atoms with Gasteiger partial charge >= 0.3 is 0 Å². The number of carbonyl (C=O) groups excluding carboxylic acids is 4. The van der Waals surface area contributed by atoms with E-state index in [2.05, 4.69) is 15.3 Å². The minimum absolute atomic E-state index is 0.0411. The predicted molar refractivity (Wildman–Crippen MR) is 149 cm³/mol. The summed E-state index contributed by atoms with van der Waals surface area (Å²) in [6.07, 6.45) is 7.24. The fourth-order valence-electron chi connectivity index (χ4n) is 4.67. The predicted octanol–water partition coefficient (Wildman–Crippen LogP) is 2.49. The number of amides is 3. The number of benzene rings is 2. The smallest absolute Gasteiger partial charge is 0.262 e. The molecule has 0 saturated heterocycles. The molecule has 0 radical (unpaired) electrons. The first-order chi connectivity index (χ1) is 19.6. The second-order valence-corrected chi connectivity index (χ2v) is 9.70. The summed E-state index contributed by atoms with van der Waals surface area (Å²) in [5.41, 5.74) is 1.61. The van der Waals surface area contributed by atoms with Crippen LogP contribution in [0.2, 0.25) is 0 Å². The van der Waals surface area contributed by atoms with E-state index in [0.717, 1.165) is 17.5 Å². The molecule has 4 aromatic rings. The van der Waals surface area contributed by atoms with E-state index in [1.165, 1.54) is 25.2 Å². The number of aliphatic hydroxyl groups excluding tert-OH is 2. The van der Waals surface area contributed by atoms with E-state index >= 15 is 0 Å². The fourth-order valence-corrected chi connectivity index (χ4v) is 4.67. The summed E-state index contributed by atoms with van der Waals surface area (Å²) in [6, 6.07) is 5.94. The number of nitrogens with one attached hydrogen (secondary N) is 2. The van der Waals surface area contributed by atoms with Gasteiger partial charge in [-0.25, -0.2) is 4.39 Å². The minimum atomic E-state index is -0.950. The highest BCUT2D eigenvalue weighted by atomic mass is 19.1. The zero-order chi connectivity index (χ0) is 30.1. The van der Waals surface area contributed by atoms with Gasteiger partial charge in [-0.2, -0.15) is 0 Å². The summed E-state index contributed by atoms with van der Waals surface area (Å²) in [4.78, 5) is 53.1. The van der Waals surface area contributed by atoms with Crippen LogP contribution in [-0.4, -0.2) is 80.5 Å². The number of hydrogen-bond acceptors (Lipinski definition) is 8. The van der Waals surface area contributed by atoms with Crippen molar-refractivity contribution in [1.82, 2.24) is 20.2 Å². The van der Waals surface area contributed by atoms with Crippen molar-refractivity contribution in [2.24, 2.45) is 0 Å². The molecule has 2 aromatic heterocycles. The first kappa shape index (κ1) is 29.1. The number of pyridine rings is 1. The number of aromatic nitrogens is 2. The van der Waals surface area contributed by atoms with Crippen LogP contribution in [0.3, 0.4) is 0 Å². The number of nitrogens with zero attached hydrogens (tertiary/aromatic N) is 2. The largest absolute Gasteiger partial charge is 0.508 e. The van der Waals surface area contributed by atoms with Gasteiger partial charge in [-0.1, -0.05) is 18.2 Å². The lowest BCUT2D eigenvalue weighted by Crippen LogP contribution is -2.52. The standard InChI is InChI=1S/C18H10FN3O3.C10H15NO3.CH2O/c1-22-17(24)13-10-4-7(19)6-20-15(10)16-12(14(13)18(22)25)9-5-8(23)2-3-11(9)21-16;1-10(6-12,7-13)11-9(14)8-4-2-3-5-8;1-2/h2-6,21,23H,1H3;2,4-5,12-13H,3,6-7H2,1H3,(H,11,14);1H2. The normalized spacial score (nSPS) is 14.1. The molecule has 0 fully saturated rings. The number of rotatable bonds is 4. The Kier molecular flexibility index (Phi) is 7.99. The van der Waals surface area contributed by atoms with Gasteiger partial charge in [0.25, 0.3) is 17.7 Å². The Balaban J connectivity index is 0.000000207. The Morgan fingerprint density at radius 2 is 1.83 bits per heavy atom. The number of aliphatic hydroxyl groups is 2. The molecular formula is C29H27FN4O7. The molecule has 0 saturated carbocycles. The number of aromatic hydroxyl groups is 1. The second kappa shape index (κ2) is 11.3. The molecule has 0 bridgehead atoms. The second-order valence-electron chi connectivity index (χ2n) is 9.70. The highest BCUT2D eigenvalue weighted by molar-refractivity contribution is 6.36. The van der Waals surface area contributed by atoms with E-state index < -0.39 is 23.2 Å². The Morgan fingerprint density at radius 1 is 1.15 bits per heavy atom. The van der Waals surface area contributed by atoms with Crippen LogP contribution in [0.25, 0.3) is 32.7 Å².